The van der Waals surface area contributed by atoms with Crippen molar-refractivity contribution in [3.8, 4) is 0 Å². The molecule has 2 aromatic rings. The van der Waals surface area contributed by atoms with Crippen LogP contribution in [0, 0.1) is 6.92 Å². The number of halogens is 2. The van der Waals surface area contributed by atoms with E-state index in [0.29, 0.717) is 26.2 Å². The zero-order chi connectivity index (χ0) is 17.1. The molecular weight excluding hydrogens is 316 g/mol. The molecule has 24 heavy (non-hydrogen) atoms. The molecule has 1 amide bonds. The quantitative estimate of drug-likeness (QED) is 0.861. The molecule has 1 aliphatic heterocycles. The highest BCUT2D eigenvalue weighted by atomic mass is 19.3. The number of pyridine rings is 1. The second kappa shape index (κ2) is 6.86. The molecule has 0 unspecified atom stereocenters. The number of carbonyl (C=O) groups is 1. The third-order valence-electron chi connectivity index (χ3n) is 3.84. The average molecular weight is 333 g/mol. The van der Waals surface area contributed by atoms with E-state index in [1.54, 1.807) is 11.1 Å². The molecular formula is C16H17F2N5O. The summed E-state index contributed by atoms with van der Waals surface area (Å²) in [7, 11) is 0. The van der Waals surface area contributed by atoms with Gasteiger partial charge in [-0.1, -0.05) is 6.07 Å². The van der Waals surface area contributed by atoms with Crippen molar-refractivity contribution >= 4 is 11.7 Å². The Balaban J connectivity index is 1.69. The van der Waals surface area contributed by atoms with E-state index in [1.807, 2.05) is 18.2 Å². The molecule has 0 saturated carbocycles. The Hall–Kier alpha value is -2.64. The lowest BCUT2D eigenvalue weighted by atomic mass is 10.2. The minimum Gasteiger partial charge on any atom is -0.353 e. The van der Waals surface area contributed by atoms with Crippen molar-refractivity contribution in [1.29, 1.82) is 0 Å². The predicted octanol–water partition coefficient (Wildman–Crippen LogP) is 2.08. The highest BCUT2D eigenvalue weighted by Crippen LogP contribution is 2.19. The highest BCUT2D eigenvalue weighted by Gasteiger charge is 2.25. The number of hydrogen-bond acceptors (Lipinski definition) is 5. The summed E-state index contributed by atoms with van der Waals surface area (Å²) in [5.74, 6) is 0.689. The Morgan fingerprint density at radius 1 is 1.17 bits per heavy atom. The Morgan fingerprint density at radius 2 is 1.92 bits per heavy atom. The fourth-order valence-corrected chi connectivity index (χ4v) is 2.65. The van der Waals surface area contributed by atoms with Crippen molar-refractivity contribution in [3.63, 3.8) is 0 Å². The van der Waals surface area contributed by atoms with Crippen LogP contribution in [0.4, 0.5) is 14.6 Å². The van der Waals surface area contributed by atoms with E-state index < -0.39 is 12.1 Å². The molecule has 0 radical (unpaired) electrons. The van der Waals surface area contributed by atoms with Crippen molar-refractivity contribution in [2.75, 3.05) is 31.1 Å². The molecule has 0 spiro atoms. The van der Waals surface area contributed by atoms with Gasteiger partial charge in [-0.15, -0.1) is 0 Å². The van der Waals surface area contributed by atoms with Crippen LogP contribution in [0.25, 0.3) is 0 Å². The van der Waals surface area contributed by atoms with Gasteiger partial charge in [-0.2, -0.15) is 0 Å². The first-order chi connectivity index (χ1) is 11.5. The number of carbonyl (C=O) groups excluding carboxylic acids is 1. The fraction of sp³-hybridized carbons (Fsp3) is 0.375. The first-order valence-electron chi connectivity index (χ1n) is 7.63. The molecule has 0 aliphatic carbocycles. The molecule has 1 aliphatic rings. The van der Waals surface area contributed by atoms with E-state index >= 15 is 0 Å². The van der Waals surface area contributed by atoms with Crippen LogP contribution in [0.2, 0.25) is 0 Å². The van der Waals surface area contributed by atoms with E-state index in [1.165, 1.54) is 6.92 Å². The van der Waals surface area contributed by atoms with E-state index in [-0.39, 0.29) is 17.4 Å². The SMILES string of the molecule is Cc1nc(C(=O)N2CCN(c3ccccn3)CC2)cc(C(F)F)n1. The Bertz CT molecular complexity index is 718. The van der Waals surface area contributed by atoms with Gasteiger partial charge in [0.15, 0.2) is 0 Å². The third kappa shape index (κ3) is 3.47. The number of hydrogen-bond donors (Lipinski definition) is 0. The molecule has 2 aromatic heterocycles. The van der Waals surface area contributed by atoms with Gasteiger partial charge in [0, 0.05) is 32.4 Å². The van der Waals surface area contributed by atoms with E-state index in [9.17, 15) is 13.6 Å². The van der Waals surface area contributed by atoms with Gasteiger partial charge in [0.05, 0.1) is 0 Å². The maximum atomic E-state index is 12.8. The molecule has 0 bridgehead atoms. The number of amides is 1. The lowest BCUT2D eigenvalue weighted by molar-refractivity contribution is 0.0739. The molecule has 1 fully saturated rings. The number of anilines is 1. The molecule has 3 heterocycles. The Labute approximate surface area is 138 Å². The van der Waals surface area contributed by atoms with Crippen molar-refractivity contribution in [2.24, 2.45) is 0 Å². The van der Waals surface area contributed by atoms with Gasteiger partial charge in [0.2, 0.25) is 0 Å². The third-order valence-corrected chi connectivity index (χ3v) is 3.84. The van der Waals surface area contributed by atoms with Gasteiger partial charge in [0.25, 0.3) is 12.3 Å². The predicted molar refractivity (Wildman–Crippen MR) is 84.1 cm³/mol. The molecule has 6 nitrogen and oxygen atoms in total. The van der Waals surface area contributed by atoms with Gasteiger partial charge in [0.1, 0.15) is 23.0 Å². The minimum atomic E-state index is -2.72. The summed E-state index contributed by atoms with van der Waals surface area (Å²) in [6.07, 6.45) is -0.998. The standard InChI is InChI=1S/C16H17F2N5O/c1-11-20-12(15(17)18)10-13(21-11)16(24)23-8-6-22(7-9-23)14-4-2-3-5-19-14/h2-5,10,15H,6-9H2,1H3. The van der Waals surface area contributed by atoms with Crippen LogP contribution in [0.1, 0.15) is 28.4 Å². The maximum absolute atomic E-state index is 12.8. The van der Waals surface area contributed by atoms with E-state index in [4.69, 9.17) is 0 Å². The Kier molecular flexibility index (Phi) is 4.64. The first-order valence-corrected chi connectivity index (χ1v) is 7.63. The first kappa shape index (κ1) is 16.2. The largest absolute Gasteiger partial charge is 0.353 e. The van der Waals surface area contributed by atoms with Crippen molar-refractivity contribution in [1.82, 2.24) is 19.9 Å². The zero-order valence-electron chi connectivity index (χ0n) is 13.2. The van der Waals surface area contributed by atoms with Gasteiger partial charge in [-0.3, -0.25) is 4.79 Å². The van der Waals surface area contributed by atoms with Crippen LogP contribution in [-0.4, -0.2) is 51.9 Å². The number of aromatic nitrogens is 3. The molecule has 3 rings (SSSR count). The number of rotatable bonds is 3. The number of aryl methyl sites for hydroxylation is 1. The molecule has 8 heteroatoms. The number of alkyl halides is 2. The Morgan fingerprint density at radius 3 is 2.54 bits per heavy atom. The van der Waals surface area contributed by atoms with Crippen molar-refractivity contribution in [3.05, 3.63) is 47.7 Å². The van der Waals surface area contributed by atoms with Crippen LogP contribution in [0.3, 0.4) is 0 Å². The summed E-state index contributed by atoms with van der Waals surface area (Å²) in [6, 6.07) is 6.75. The lowest BCUT2D eigenvalue weighted by Crippen LogP contribution is -2.49. The van der Waals surface area contributed by atoms with Gasteiger partial charge in [-0.05, 0) is 25.1 Å². The van der Waals surface area contributed by atoms with Gasteiger partial charge < -0.3 is 9.80 Å². The normalized spacial score (nSPS) is 15.0. The minimum absolute atomic E-state index is 0.0177. The summed E-state index contributed by atoms with van der Waals surface area (Å²) < 4.78 is 25.7. The summed E-state index contributed by atoms with van der Waals surface area (Å²) in [5.41, 5.74) is -0.401. The van der Waals surface area contributed by atoms with Crippen molar-refractivity contribution in [2.45, 2.75) is 13.3 Å². The van der Waals surface area contributed by atoms with Crippen LogP contribution >= 0.6 is 0 Å². The summed E-state index contributed by atoms with van der Waals surface area (Å²) in [4.78, 5) is 28.2. The maximum Gasteiger partial charge on any atom is 0.280 e. The van der Waals surface area contributed by atoms with Crippen LogP contribution < -0.4 is 4.90 Å². The fourth-order valence-electron chi connectivity index (χ4n) is 2.65. The summed E-state index contributed by atoms with van der Waals surface area (Å²) in [6.45, 7) is 3.75. The molecule has 1 saturated heterocycles. The summed E-state index contributed by atoms with van der Waals surface area (Å²) >= 11 is 0. The smallest absolute Gasteiger partial charge is 0.280 e. The highest BCUT2D eigenvalue weighted by molar-refractivity contribution is 5.92. The summed E-state index contributed by atoms with van der Waals surface area (Å²) in [5, 5.41) is 0. The number of piperazine rings is 1. The molecule has 126 valence electrons. The average Bonchev–Trinajstić information content (AvgIpc) is 2.61. The lowest BCUT2D eigenvalue weighted by Gasteiger charge is -2.35. The van der Waals surface area contributed by atoms with E-state index in [0.717, 1.165) is 11.9 Å². The van der Waals surface area contributed by atoms with Crippen LogP contribution in [0.5, 0.6) is 0 Å². The second-order valence-corrected chi connectivity index (χ2v) is 5.49. The molecule has 0 aromatic carbocycles. The number of nitrogens with zero attached hydrogens (tertiary/aromatic N) is 5. The molecule has 0 atom stereocenters. The van der Waals surface area contributed by atoms with Gasteiger partial charge in [-0.25, -0.2) is 23.7 Å². The van der Waals surface area contributed by atoms with Crippen molar-refractivity contribution < 1.29 is 13.6 Å². The van der Waals surface area contributed by atoms with Gasteiger partial charge >= 0.3 is 0 Å². The topological polar surface area (TPSA) is 62.2 Å². The zero-order valence-corrected chi connectivity index (χ0v) is 13.2. The molecule has 0 N–H and O–H groups in total. The van der Waals surface area contributed by atoms with E-state index in [2.05, 4.69) is 19.9 Å². The second-order valence-electron chi connectivity index (χ2n) is 5.49. The van der Waals surface area contributed by atoms with Crippen LogP contribution in [0.15, 0.2) is 30.5 Å². The van der Waals surface area contributed by atoms with Crippen LogP contribution in [-0.2, 0) is 0 Å². The monoisotopic (exact) mass is 333 g/mol.